The van der Waals surface area contributed by atoms with E-state index in [1.165, 1.54) is 0 Å². The Bertz CT molecular complexity index is 764. The monoisotopic (exact) mass is 293 g/mol. The number of para-hydroxylation sites is 2. The molecule has 4 nitrogen and oxygen atoms in total. The lowest BCUT2D eigenvalue weighted by atomic mass is 9.94. The molecule has 0 fully saturated rings. The fourth-order valence-electron chi connectivity index (χ4n) is 2.67. The molecule has 1 N–H and O–H groups in total. The van der Waals surface area contributed by atoms with Crippen LogP contribution in [0.4, 0.5) is 0 Å². The van der Waals surface area contributed by atoms with Gasteiger partial charge in [-0.1, -0.05) is 55.8 Å². The van der Waals surface area contributed by atoms with Gasteiger partial charge in [-0.15, -0.1) is 0 Å². The number of nitrogens with one attached hydrogen (secondary N) is 1. The van der Waals surface area contributed by atoms with Crippen LogP contribution >= 0.6 is 0 Å². The number of aromatic nitrogens is 2. The third-order valence-corrected chi connectivity index (χ3v) is 3.78. The van der Waals surface area contributed by atoms with Gasteiger partial charge in [-0.05, 0) is 24.1 Å². The molecule has 1 amide bonds. The maximum absolute atomic E-state index is 12.7. The number of carbonyl (C=O) groups excluding carboxylic acids is 1. The second-order valence-corrected chi connectivity index (χ2v) is 5.33. The smallest absolute Gasteiger partial charge is 0.246 e. The van der Waals surface area contributed by atoms with Crippen LogP contribution in [-0.4, -0.2) is 15.6 Å². The molecule has 0 aliphatic rings. The highest BCUT2D eigenvalue weighted by Crippen LogP contribution is 2.22. The Balaban J connectivity index is 1.85. The number of rotatable bonds is 5. The van der Waals surface area contributed by atoms with E-state index in [1.807, 2.05) is 54.6 Å². The molecule has 0 bridgehead atoms. The predicted octanol–water partition coefficient (Wildman–Crippen LogP) is 3.69. The quantitative estimate of drug-likeness (QED) is 0.780. The molecule has 3 rings (SSSR count). The normalized spacial score (nSPS) is 12.2. The van der Waals surface area contributed by atoms with Crippen LogP contribution in [0.5, 0.6) is 0 Å². The molecule has 0 radical (unpaired) electrons. The van der Waals surface area contributed by atoms with Crippen LogP contribution in [0.1, 0.15) is 31.2 Å². The Morgan fingerprint density at radius 3 is 2.64 bits per heavy atom. The van der Waals surface area contributed by atoms with E-state index in [1.54, 1.807) is 11.0 Å². The molecular formula is C18H19N3O. The highest BCUT2D eigenvalue weighted by atomic mass is 16.2. The lowest BCUT2D eigenvalue weighted by Gasteiger charge is -2.17. The maximum Gasteiger partial charge on any atom is 0.246 e. The number of hydrogen-bond acceptors (Lipinski definition) is 2. The summed E-state index contributed by atoms with van der Waals surface area (Å²) in [6.45, 7) is 2.09. The summed E-state index contributed by atoms with van der Waals surface area (Å²) in [4.78, 5) is 17.0. The lowest BCUT2D eigenvalue weighted by Crippen LogP contribution is -2.28. The Morgan fingerprint density at radius 2 is 1.86 bits per heavy atom. The summed E-state index contributed by atoms with van der Waals surface area (Å²) >= 11 is 0. The van der Waals surface area contributed by atoms with Crippen LogP contribution in [0, 0.1) is 0 Å². The summed E-state index contributed by atoms with van der Waals surface area (Å²) in [5, 5.41) is 0. The molecule has 4 heteroatoms. The Hall–Kier alpha value is -2.62. The summed E-state index contributed by atoms with van der Waals surface area (Å²) in [6, 6.07) is 17.7. The van der Waals surface area contributed by atoms with E-state index in [0.29, 0.717) is 0 Å². The van der Waals surface area contributed by atoms with Gasteiger partial charge >= 0.3 is 0 Å². The Kier molecular flexibility index (Phi) is 4.19. The van der Waals surface area contributed by atoms with Crippen LogP contribution in [0.25, 0.3) is 11.0 Å². The molecular weight excluding hydrogens is 274 g/mol. The van der Waals surface area contributed by atoms with Crippen molar-refractivity contribution in [2.75, 3.05) is 5.43 Å². The van der Waals surface area contributed by atoms with Gasteiger partial charge in [0.1, 0.15) is 6.33 Å². The van der Waals surface area contributed by atoms with Gasteiger partial charge in [0.2, 0.25) is 5.91 Å². The molecule has 3 aromatic rings. The van der Waals surface area contributed by atoms with Crippen molar-refractivity contribution in [1.29, 1.82) is 0 Å². The molecule has 1 unspecified atom stereocenters. The van der Waals surface area contributed by atoms with Crippen molar-refractivity contribution in [1.82, 2.24) is 9.66 Å². The SMILES string of the molecule is CCCC(C(=O)Nn1cnc2ccccc21)c1ccccc1. The summed E-state index contributed by atoms with van der Waals surface area (Å²) in [7, 11) is 0. The number of amides is 1. The van der Waals surface area contributed by atoms with Crippen LogP contribution in [0.2, 0.25) is 0 Å². The Labute approximate surface area is 129 Å². The van der Waals surface area contributed by atoms with Gasteiger partial charge < -0.3 is 0 Å². The predicted molar refractivity (Wildman–Crippen MR) is 88.2 cm³/mol. The van der Waals surface area contributed by atoms with E-state index < -0.39 is 0 Å². The minimum Gasteiger partial charge on any atom is -0.273 e. The molecule has 0 saturated carbocycles. The van der Waals surface area contributed by atoms with Crippen LogP contribution in [0.3, 0.4) is 0 Å². The van der Waals surface area contributed by atoms with Crippen molar-refractivity contribution in [2.45, 2.75) is 25.7 Å². The standard InChI is InChI=1S/C18H19N3O/c1-2-8-15(14-9-4-3-5-10-14)18(22)20-21-13-19-16-11-6-7-12-17(16)21/h3-7,9-13,15H,2,8H2,1H3,(H,20,22). The minimum absolute atomic E-state index is 0.00352. The molecule has 0 aliphatic heterocycles. The van der Waals surface area contributed by atoms with Gasteiger partial charge in [-0.25, -0.2) is 9.66 Å². The average molecular weight is 293 g/mol. The third-order valence-electron chi connectivity index (χ3n) is 3.78. The van der Waals surface area contributed by atoms with Crippen molar-refractivity contribution in [2.24, 2.45) is 0 Å². The topological polar surface area (TPSA) is 46.9 Å². The summed E-state index contributed by atoms with van der Waals surface area (Å²) in [6.07, 6.45) is 3.43. The summed E-state index contributed by atoms with van der Waals surface area (Å²) in [5.41, 5.74) is 5.78. The van der Waals surface area contributed by atoms with Crippen molar-refractivity contribution in [3.63, 3.8) is 0 Å². The zero-order chi connectivity index (χ0) is 15.4. The van der Waals surface area contributed by atoms with E-state index in [-0.39, 0.29) is 11.8 Å². The number of benzene rings is 2. The first-order valence-electron chi connectivity index (χ1n) is 7.57. The van der Waals surface area contributed by atoms with Gasteiger partial charge in [0.15, 0.2) is 0 Å². The van der Waals surface area contributed by atoms with Crippen molar-refractivity contribution < 1.29 is 4.79 Å². The van der Waals surface area contributed by atoms with Crippen LogP contribution in [-0.2, 0) is 4.79 Å². The van der Waals surface area contributed by atoms with E-state index in [9.17, 15) is 4.79 Å². The van der Waals surface area contributed by atoms with Crippen molar-refractivity contribution in [3.05, 3.63) is 66.5 Å². The fraction of sp³-hybridized carbons (Fsp3) is 0.222. The van der Waals surface area contributed by atoms with E-state index in [0.717, 1.165) is 29.4 Å². The molecule has 0 aliphatic carbocycles. The second-order valence-electron chi connectivity index (χ2n) is 5.33. The zero-order valence-corrected chi connectivity index (χ0v) is 12.6. The van der Waals surface area contributed by atoms with Gasteiger partial charge in [-0.2, -0.15) is 0 Å². The van der Waals surface area contributed by atoms with Gasteiger partial charge in [-0.3, -0.25) is 10.2 Å². The van der Waals surface area contributed by atoms with E-state index in [4.69, 9.17) is 0 Å². The first kappa shape index (κ1) is 14.3. The number of imidazole rings is 1. The van der Waals surface area contributed by atoms with Gasteiger partial charge in [0, 0.05) is 0 Å². The molecule has 1 aromatic heterocycles. The van der Waals surface area contributed by atoms with Gasteiger partial charge in [0.25, 0.3) is 0 Å². The molecule has 112 valence electrons. The highest BCUT2D eigenvalue weighted by Gasteiger charge is 2.20. The summed E-state index contributed by atoms with van der Waals surface area (Å²) < 4.78 is 1.70. The Morgan fingerprint density at radius 1 is 1.14 bits per heavy atom. The number of hydrogen-bond donors (Lipinski definition) is 1. The van der Waals surface area contributed by atoms with Crippen LogP contribution in [0.15, 0.2) is 60.9 Å². The number of fused-ring (bicyclic) bond motifs is 1. The highest BCUT2D eigenvalue weighted by molar-refractivity contribution is 5.91. The molecule has 2 aromatic carbocycles. The third kappa shape index (κ3) is 2.86. The van der Waals surface area contributed by atoms with Crippen LogP contribution < -0.4 is 5.43 Å². The largest absolute Gasteiger partial charge is 0.273 e. The van der Waals surface area contributed by atoms with Crippen molar-refractivity contribution >= 4 is 16.9 Å². The fourth-order valence-corrected chi connectivity index (χ4v) is 2.67. The average Bonchev–Trinajstić information content (AvgIpc) is 2.96. The molecule has 0 spiro atoms. The molecule has 1 atom stereocenters. The first-order valence-corrected chi connectivity index (χ1v) is 7.57. The minimum atomic E-state index is -0.146. The van der Waals surface area contributed by atoms with E-state index in [2.05, 4.69) is 17.3 Å². The zero-order valence-electron chi connectivity index (χ0n) is 12.6. The summed E-state index contributed by atoms with van der Waals surface area (Å²) in [5.74, 6) is -0.149. The molecule has 22 heavy (non-hydrogen) atoms. The van der Waals surface area contributed by atoms with Gasteiger partial charge in [0.05, 0.1) is 17.0 Å². The van der Waals surface area contributed by atoms with E-state index >= 15 is 0 Å². The number of nitrogens with zero attached hydrogens (tertiary/aromatic N) is 2. The molecule has 1 heterocycles. The number of carbonyl (C=O) groups is 1. The van der Waals surface area contributed by atoms with Crippen molar-refractivity contribution in [3.8, 4) is 0 Å². The first-order chi connectivity index (χ1) is 10.8. The molecule has 0 saturated heterocycles. The second kappa shape index (κ2) is 6.43. The lowest BCUT2D eigenvalue weighted by molar-refractivity contribution is -0.118. The maximum atomic E-state index is 12.7.